The van der Waals surface area contributed by atoms with Crippen LogP contribution >= 0.6 is 0 Å². The number of sulfonamides is 1. The highest BCUT2D eigenvalue weighted by molar-refractivity contribution is 7.88. The molecular weight excluding hydrogens is 280 g/mol. The fourth-order valence-corrected chi connectivity index (χ4v) is 3.18. The molecule has 1 atom stereocenters. The topological polar surface area (TPSA) is 92.4 Å². The minimum atomic E-state index is -3.56. The van der Waals surface area contributed by atoms with Crippen molar-refractivity contribution in [1.82, 2.24) is 9.88 Å². The Bertz CT molecular complexity index is 611. The van der Waals surface area contributed by atoms with Crippen LogP contribution in [0.5, 0.6) is 0 Å². The van der Waals surface area contributed by atoms with Gasteiger partial charge in [-0.2, -0.15) is 0 Å². The van der Waals surface area contributed by atoms with E-state index < -0.39 is 16.1 Å². The summed E-state index contributed by atoms with van der Waals surface area (Å²) in [5.74, 6) is -0.252. The van der Waals surface area contributed by atoms with Gasteiger partial charge in [0, 0.05) is 18.7 Å². The van der Waals surface area contributed by atoms with Gasteiger partial charge in [0.15, 0.2) is 0 Å². The van der Waals surface area contributed by atoms with E-state index in [0.717, 1.165) is 5.56 Å². The van der Waals surface area contributed by atoms with Crippen LogP contribution in [0.4, 0.5) is 0 Å². The molecule has 0 aliphatic carbocycles. The predicted octanol–water partition coefficient (Wildman–Crippen LogP) is 1.22. The van der Waals surface area contributed by atoms with Crippen molar-refractivity contribution in [1.29, 1.82) is 0 Å². The summed E-state index contributed by atoms with van der Waals surface area (Å²) in [6.07, 6.45) is 1.63. The van der Waals surface area contributed by atoms with Crippen LogP contribution in [0.1, 0.15) is 23.7 Å². The maximum Gasteiger partial charge on any atom is 0.218 e. The Morgan fingerprint density at radius 1 is 1.25 bits per heavy atom. The third kappa shape index (κ3) is 4.16. The molecule has 1 aromatic carbocycles. The standard InChI is InChI=1S/C13H16N2O4S/c16-8-6-13(11-4-2-1-3-5-11)15-20(17,18)10-12-7-9-19-14-12/h1-5,7,9,13,15-16H,6,8,10H2/t13-/m1/s1. The Morgan fingerprint density at radius 3 is 2.60 bits per heavy atom. The molecule has 6 nitrogen and oxygen atoms in total. The maximum atomic E-state index is 12.1. The van der Waals surface area contributed by atoms with Crippen LogP contribution in [0, 0.1) is 0 Å². The van der Waals surface area contributed by atoms with E-state index in [9.17, 15) is 8.42 Å². The van der Waals surface area contributed by atoms with E-state index in [4.69, 9.17) is 5.11 Å². The fraction of sp³-hybridized carbons (Fsp3) is 0.308. The second kappa shape index (κ2) is 6.65. The summed E-state index contributed by atoms with van der Waals surface area (Å²) in [7, 11) is -3.56. The van der Waals surface area contributed by atoms with E-state index in [1.165, 1.54) is 12.3 Å². The van der Waals surface area contributed by atoms with Gasteiger partial charge in [-0.05, 0) is 12.0 Å². The van der Waals surface area contributed by atoms with E-state index in [0.29, 0.717) is 12.1 Å². The second-order valence-corrected chi connectivity index (χ2v) is 6.10. The van der Waals surface area contributed by atoms with Gasteiger partial charge in [-0.1, -0.05) is 35.5 Å². The van der Waals surface area contributed by atoms with Crippen molar-refractivity contribution in [3.05, 3.63) is 53.9 Å². The zero-order valence-corrected chi connectivity index (χ0v) is 11.6. The van der Waals surface area contributed by atoms with Gasteiger partial charge in [0.05, 0.1) is 5.69 Å². The Morgan fingerprint density at radius 2 is 2.00 bits per heavy atom. The average Bonchev–Trinajstić information content (AvgIpc) is 2.91. The molecule has 0 spiro atoms. The second-order valence-electron chi connectivity index (χ2n) is 4.34. The van der Waals surface area contributed by atoms with E-state index >= 15 is 0 Å². The number of aliphatic hydroxyl groups excluding tert-OH is 1. The van der Waals surface area contributed by atoms with E-state index in [2.05, 4.69) is 14.4 Å². The van der Waals surface area contributed by atoms with Crippen LogP contribution in [0.2, 0.25) is 0 Å². The van der Waals surface area contributed by atoms with Crippen molar-refractivity contribution < 1.29 is 18.0 Å². The van der Waals surface area contributed by atoms with Crippen molar-refractivity contribution in [2.24, 2.45) is 0 Å². The van der Waals surface area contributed by atoms with Crippen molar-refractivity contribution in [3.8, 4) is 0 Å². The lowest BCUT2D eigenvalue weighted by Gasteiger charge is -2.17. The van der Waals surface area contributed by atoms with Crippen molar-refractivity contribution >= 4 is 10.0 Å². The number of aromatic nitrogens is 1. The molecule has 2 rings (SSSR count). The van der Waals surface area contributed by atoms with Crippen LogP contribution in [0.25, 0.3) is 0 Å². The molecule has 0 saturated heterocycles. The molecule has 1 aromatic heterocycles. The van der Waals surface area contributed by atoms with E-state index in [1.807, 2.05) is 30.3 Å². The third-order valence-electron chi connectivity index (χ3n) is 2.77. The molecule has 0 amide bonds. The molecule has 2 aromatic rings. The first-order valence-corrected chi connectivity index (χ1v) is 7.81. The Labute approximate surface area is 117 Å². The first-order valence-electron chi connectivity index (χ1n) is 6.16. The van der Waals surface area contributed by atoms with Gasteiger partial charge in [0.1, 0.15) is 12.0 Å². The SMILES string of the molecule is O=S(=O)(Cc1ccon1)N[C@H](CCO)c1ccccc1. The minimum Gasteiger partial charge on any atom is -0.396 e. The molecule has 0 unspecified atom stereocenters. The first-order chi connectivity index (χ1) is 9.61. The average molecular weight is 296 g/mol. The molecule has 20 heavy (non-hydrogen) atoms. The van der Waals surface area contributed by atoms with Crippen molar-refractivity contribution in [2.75, 3.05) is 6.61 Å². The van der Waals surface area contributed by atoms with Crippen molar-refractivity contribution in [2.45, 2.75) is 18.2 Å². The van der Waals surface area contributed by atoms with Crippen LogP contribution in [-0.2, 0) is 15.8 Å². The lowest BCUT2D eigenvalue weighted by molar-refractivity contribution is 0.272. The van der Waals surface area contributed by atoms with Crippen LogP contribution in [0.3, 0.4) is 0 Å². The number of nitrogens with one attached hydrogen (secondary N) is 1. The lowest BCUT2D eigenvalue weighted by Crippen LogP contribution is -2.30. The molecule has 0 aliphatic rings. The Hall–Kier alpha value is -1.70. The van der Waals surface area contributed by atoms with E-state index in [-0.39, 0.29) is 12.4 Å². The molecule has 0 radical (unpaired) electrons. The summed E-state index contributed by atoms with van der Waals surface area (Å²) in [4.78, 5) is 0. The summed E-state index contributed by atoms with van der Waals surface area (Å²) in [5, 5.41) is 12.7. The summed E-state index contributed by atoms with van der Waals surface area (Å²) < 4.78 is 31.4. The molecule has 0 fully saturated rings. The smallest absolute Gasteiger partial charge is 0.218 e. The zero-order valence-electron chi connectivity index (χ0n) is 10.8. The van der Waals surface area contributed by atoms with Crippen LogP contribution < -0.4 is 4.72 Å². The largest absolute Gasteiger partial charge is 0.396 e. The number of nitrogens with zero attached hydrogens (tertiary/aromatic N) is 1. The van der Waals surface area contributed by atoms with E-state index in [1.54, 1.807) is 0 Å². The predicted molar refractivity (Wildman–Crippen MR) is 73.1 cm³/mol. The maximum absolute atomic E-state index is 12.1. The van der Waals surface area contributed by atoms with Crippen molar-refractivity contribution in [3.63, 3.8) is 0 Å². The Balaban J connectivity index is 2.11. The van der Waals surface area contributed by atoms with Gasteiger partial charge in [-0.25, -0.2) is 13.1 Å². The van der Waals surface area contributed by atoms with Gasteiger partial charge in [-0.3, -0.25) is 0 Å². The minimum absolute atomic E-state index is 0.105. The first kappa shape index (κ1) is 14.7. The third-order valence-corrected chi connectivity index (χ3v) is 4.09. The highest BCUT2D eigenvalue weighted by Gasteiger charge is 2.20. The number of hydrogen-bond donors (Lipinski definition) is 2. The lowest BCUT2D eigenvalue weighted by atomic mass is 10.1. The van der Waals surface area contributed by atoms with Gasteiger partial charge in [-0.15, -0.1) is 0 Å². The molecule has 0 aliphatic heterocycles. The molecule has 7 heteroatoms. The number of rotatable bonds is 7. The van der Waals surface area contributed by atoms with Crippen LogP contribution in [0.15, 0.2) is 47.2 Å². The monoisotopic (exact) mass is 296 g/mol. The summed E-state index contributed by atoms with van der Waals surface area (Å²) in [6.45, 7) is -0.105. The molecule has 0 saturated carbocycles. The van der Waals surface area contributed by atoms with Gasteiger partial charge in [0.2, 0.25) is 10.0 Å². The molecule has 2 N–H and O–H groups in total. The van der Waals surface area contributed by atoms with Gasteiger partial charge in [0.25, 0.3) is 0 Å². The number of benzene rings is 1. The quantitative estimate of drug-likeness (QED) is 0.801. The van der Waals surface area contributed by atoms with Gasteiger partial charge < -0.3 is 9.63 Å². The molecular formula is C13H16N2O4S. The normalized spacial score (nSPS) is 13.2. The summed E-state index contributed by atoms with van der Waals surface area (Å²) in [5.41, 5.74) is 1.15. The molecule has 0 bridgehead atoms. The number of hydrogen-bond acceptors (Lipinski definition) is 5. The molecule has 108 valence electrons. The summed E-state index contributed by atoms with van der Waals surface area (Å²) in [6, 6.07) is 10.2. The highest BCUT2D eigenvalue weighted by Crippen LogP contribution is 2.18. The fourth-order valence-electron chi connectivity index (χ4n) is 1.87. The zero-order chi connectivity index (χ0) is 14.4. The molecule has 1 heterocycles. The Kier molecular flexibility index (Phi) is 4.89. The van der Waals surface area contributed by atoms with Gasteiger partial charge >= 0.3 is 0 Å². The summed E-state index contributed by atoms with van der Waals surface area (Å²) >= 11 is 0. The highest BCUT2D eigenvalue weighted by atomic mass is 32.2. The number of aliphatic hydroxyl groups is 1. The van der Waals surface area contributed by atoms with Crippen LogP contribution in [-0.4, -0.2) is 25.3 Å².